The Morgan fingerprint density at radius 2 is 2.29 bits per heavy atom. The van der Waals surface area contributed by atoms with Crippen LogP contribution >= 0.6 is 0 Å². The molecule has 0 radical (unpaired) electrons. The van der Waals surface area contributed by atoms with Crippen LogP contribution < -0.4 is 0 Å². The van der Waals surface area contributed by atoms with E-state index in [4.69, 9.17) is 5.26 Å². The molecular formula is C11H10F2N2O2. The minimum Gasteiger partial charge on any atom is -0.469 e. The van der Waals surface area contributed by atoms with E-state index in [1.165, 1.54) is 20.2 Å². The fourth-order valence-corrected chi connectivity index (χ4v) is 1.37. The first kappa shape index (κ1) is 13.0. The molecule has 0 bridgehead atoms. The number of halogens is 2. The first-order valence-electron chi connectivity index (χ1n) is 4.74. The molecule has 0 fully saturated rings. The number of esters is 1. The van der Waals surface area contributed by atoms with E-state index in [1.54, 1.807) is 6.07 Å². The highest BCUT2D eigenvalue weighted by Gasteiger charge is 2.19. The van der Waals surface area contributed by atoms with Gasteiger partial charge in [0.05, 0.1) is 19.1 Å². The zero-order chi connectivity index (χ0) is 13.0. The fraction of sp³-hybridized carbons (Fsp3) is 0.364. The number of nitriles is 1. The van der Waals surface area contributed by atoms with Crippen LogP contribution in [-0.2, 0) is 16.0 Å². The summed E-state index contributed by atoms with van der Waals surface area (Å²) in [6, 6.07) is 1.68. The van der Waals surface area contributed by atoms with E-state index in [1.807, 2.05) is 0 Å². The molecule has 0 aliphatic rings. The van der Waals surface area contributed by atoms with E-state index < -0.39 is 18.1 Å². The van der Waals surface area contributed by atoms with Gasteiger partial charge in [-0.25, -0.2) is 8.78 Å². The zero-order valence-corrected chi connectivity index (χ0v) is 9.33. The summed E-state index contributed by atoms with van der Waals surface area (Å²) in [6.45, 7) is 1.50. The lowest BCUT2D eigenvalue weighted by Gasteiger charge is -2.09. The lowest BCUT2D eigenvalue weighted by molar-refractivity contribution is -0.139. The van der Waals surface area contributed by atoms with Gasteiger partial charge < -0.3 is 4.74 Å². The van der Waals surface area contributed by atoms with Gasteiger partial charge in [-0.2, -0.15) is 5.26 Å². The van der Waals surface area contributed by atoms with Gasteiger partial charge in [-0.15, -0.1) is 0 Å². The maximum Gasteiger partial charge on any atom is 0.310 e. The number of ether oxygens (including phenoxy) is 1. The van der Waals surface area contributed by atoms with Crippen LogP contribution in [0.15, 0.2) is 6.20 Å². The lowest BCUT2D eigenvalue weighted by atomic mass is 10.0. The summed E-state index contributed by atoms with van der Waals surface area (Å²) in [4.78, 5) is 14.6. The first-order valence-corrected chi connectivity index (χ1v) is 4.74. The second-order valence-corrected chi connectivity index (χ2v) is 3.33. The van der Waals surface area contributed by atoms with Crippen molar-refractivity contribution in [3.05, 3.63) is 28.6 Å². The van der Waals surface area contributed by atoms with Gasteiger partial charge in [0.1, 0.15) is 11.8 Å². The number of carbonyl (C=O) groups excluding carboxylic acids is 1. The van der Waals surface area contributed by atoms with E-state index in [-0.39, 0.29) is 12.0 Å². The number of carbonyl (C=O) groups is 1. The van der Waals surface area contributed by atoms with Gasteiger partial charge in [0.2, 0.25) is 0 Å². The third kappa shape index (κ3) is 2.75. The normalized spacial score (nSPS) is 10.1. The van der Waals surface area contributed by atoms with Gasteiger partial charge in [0, 0.05) is 6.20 Å². The Hall–Kier alpha value is -2.03. The zero-order valence-electron chi connectivity index (χ0n) is 9.33. The molecule has 1 heterocycles. The molecule has 4 nitrogen and oxygen atoms in total. The Morgan fingerprint density at radius 3 is 2.76 bits per heavy atom. The minimum absolute atomic E-state index is 0.0898. The highest BCUT2D eigenvalue weighted by molar-refractivity contribution is 5.73. The molecule has 6 heteroatoms. The number of hydrogen-bond acceptors (Lipinski definition) is 4. The van der Waals surface area contributed by atoms with Gasteiger partial charge in [-0.1, -0.05) is 0 Å². The average Bonchev–Trinajstić information content (AvgIpc) is 2.30. The van der Waals surface area contributed by atoms with Crippen molar-refractivity contribution in [1.82, 2.24) is 4.98 Å². The van der Waals surface area contributed by atoms with Crippen LogP contribution in [0.25, 0.3) is 0 Å². The highest BCUT2D eigenvalue weighted by Crippen LogP contribution is 2.24. The van der Waals surface area contributed by atoms with Crippen molar-refractivity contribution in [2.45, 2.75) is 19.8 Å². The Morgan fingerprint density at radius 1 is 1.65 bits per heavy atom. The van der Waals surface area contributed by atoms with E-state index in [9.17, 15) is 13.6 Å². The summed E-state index contributed by atoms with van der Waals surface area (Å²) in [5.74, 6) is -0.511. The molecule has 0 saturated carbocycles. The van der Waals surface area contributed by atoms with Crippen molar-refractivity contribution in [2.24, 2.45) is 0 Å². The molecule has 0 aromatic carbocycles. The SMILES string of the molecule is COC(=O)Cc1cnc(C(F)F)c(C#N)c1C. The highest BCUT2D eigenvalue weighted by atomic mass is 19.3. The quantitative estimate of drug-likeness (QED) is 0.757. The minimum atomic E-state index is -2.81. The van der Waals surface area contributed by atoms with Gasteiger partial charge >= 0.3 is 5.97 Å². The van der Waals surface area contributed by atoms with Crippen molar-refractivity contribution in [3.63, 3.8) is 0 Å². The number of hydrogen-bond donors (Lipinski definition) is 0. The Kier molecular flexibility index (Phi) is 4.10. The summed E-state index contributed by atoms with van der Waals surface area (Å²) in [7, 11) is 1.23. The molecule has 0 amide bonds. The van der Waals surface area contributed by atoms with Crippen molar-refractivity contribution < 1.29 is 18.3 Å². The number of nitrogens with zero attached hydrogens (tertiary/aromatic N) is 2. The van der Waals surface area contributed by atoms with E-state index >= 15 is 0 Å². The smallest absolute Gasteiger partial charge is 0.310 e. The third-order valence-electron chi connectivity index (χ3n) is 2.35. The summed E-state index contributed by atoms with van der Waals surface area (Å²) >= 11 is 0. The van der Waals surface area contributed by atoms with Crippen LogP contribution in [0.4, 0.5) is 8.78 Å². The molecule has 0 spiro atoms. The molecular weight excluding hydrogens is 230 g/mol. The maximum absolute atomic E-state index is 12.5. The van der Waals surface area contributed by atoms with E-state index in [2.05, 4.69) is 9.72 Å². The predicted octanol–water partition coefficient (Wildman–Crippen LogP) is 1.91. The Bertz CT molecular complexity index is 481. The number of methoxy groups -OCH3 is 1. The van der Waals surface area contributed by atoms with Crippen molar-refractivity contribution >= 4 is 5.97 Å². The number of aromatic nitrogens is 1. The molecule has 1 aromatic rings. The number of alkyl halides is 2. The largest absolute Gasteiger partial charge is 0.469 e. The van der Waals surface area contributed by atoms with Crippen molar-refractivity contribution in [3.8, 4) is 6.07 Å². The molecule has 0 N–H and O–H groups in total. The van der Waals surface area contributed by atoms with E-state index in [0.717, 1.165) is 0 Å². The summed E-state index contributed by atoms with van der Waals surface area (Å²) in [5, 5.41) is 8.82. The van der Waals surface area contributed by atoms with Crippen LogP contribution in [0.5, 0.6) is 0 Å². The van der Waals surface area contributed by atoms with E-state index in [0.29, 0.717) is 11.1 Å². The summed E-state index contributed by atoms with van der Waals surface area (Å²) in [6.07, 6.45) is -1.72. The average molecular weight is 240 g/mol. The van der Waals surface area contributed by atoms with Gasteiger partial charge in [0.15, 0.2) is 0 Å². The summed E-state index contributed by atoms with van der Waals surface area (Å²) in [5.41, 5.74) is 0.0148. The molecule has 1 aromatic heterocycles. The van der Waals surface area contributed by atoms with Crippen molar-refractivity contribution in [2.75, 3.05) is 7.11 Å². The maximum atomic E-state index is 12.5. The van der Waals surface area contributed by atoms with Gasteiger partial charge in [0.25, 0.3) is 6.43 Å². The molecule has 0 aliphatic carbocycles. The Balaban J connectivity index is 3.21. The number of rotatable bonds is 3. The molecule has 90 valence electrons. The van der Waals surface area contributed by atoms with Gasteiger partial charge in [-0.05, 0) is 18.1 Å². The second kappa shape index (κ2) is 5.34. The molecule has 0 atom stereocenters. The molecule has 1 rings (SSSR count). The molecule has 0 saturated heterocycles. The lowest BCUT2D eigenvalue weighted by Crippen LogP contribution is -2.09. The van der Waals surface area contributed by atoms with Gasteiger partial charge in [-0.3, -0.25) is 9.78 Å². The topological polar surface area (TPSA) is 63.0 Å². The fourth-order valence-electron chi connectivity index (χ4n) is 1.37. The number of pyridine rings is 1. The first-order chi connectivity index (χ1) is 8.01. The van der Waals surface area contributed by atoms with Crippen LogP contribution in [0.2, 0.25) is 0 Å². The second-order valence-electron chi connectivity index (χ2n) is 3.33. The molecule has 0 aliphatic heterocycles. The summed E-state index contributed by atoms with van der Waals surface area (Å²) < 4.78 is 29.6. The van der Waals surface area contributed by atoms with Crippen LogP contribution in [-0.4, -0.2) is 18.1 Å². The Labute approximate surface area is 96.8 Å². The van der Waals surface area contributed by atoms with Crippen LogP contribution in [0.1, 0.15) is 28.8 Å². The monoisotopic (exact) mass is 240 g/mol. The predicted molar refractivity (Wildman–Crippen MR) is 54.4 cm³/mol. The molecule has 0 unspecified atom stereocenters. The standard InChI is InChI=1S/C11H10F2N2O2/c1-6-7(3-9(16)17-2)5-15-10(11(12)13)8(6)4-14/h5,11H,3H2,1-2H3. The van der Waals surface area contributed by atoms with Crippen LogP contribution in [0.3, 0.4) is 0 Å². The third-order valence-corrected chi connectivity index (χ3v) is 2.35. The van der Waals surface area contributed by atoms with Crippen LogP contribution in [0, 0.1) is 18.3 Å². The van der Waals surface area contributed by atoms with Crippen molar-refractivity contribution in [1.29, 1.82) is 5.26 Å². The molecule has 17 heavy (non-hydrogen) atoms.